The van der Waals surface area contributed by atoms with Crippen LogP contribution in [0.3, 0.4) is 0 Å². The van der Waals surface area contributed by atoms with Gasteiger partial charge < -0.3 is 15.2 Å². The Balaban J connectivity index is 1.77. The largest absolute Gasteiger partial charge is 0.480 e. The Kier molecular flexibility index (Phi) is 6.37. The number of hydrogen-bond donors (Lipinski definition) is 2. The summed E-state index contributed by atoms with van der Waals surface area (Å²) in [4.78, 5) is 22.2. The summed E-state index contributed by atoms with van der Waals surface area (Å²) >= 11 is 0. The van der Waals surface area contributed by atoms with Crippen molar-refractivity contribution >= 4 is 33.3 Å². The van der Waals surface area contributed by atoms with Gasteiger partial charge in [-0.05, 0) is 67.8 Å². The number of sulfonamides is 1. The van der Waals surface area contributed by atoms with E-state index >= 15 is 0 Å². The van der Waals surface area contributed by atoms with Crippen molar-refractivity contribution in [2.24, 2.45) is 0 Å². The predicted octanol–water partition coefficient (Wildman–Crippen LogP) is 2.40. The first-order valence-electron chi connectivity index (χ1n) is 9.21. The lowest BCUT2D eigenvalue weighted by Gasteiger charge is -2.36. The normalized spacial score (nSPS) is 16.1. The van der Waals surface area contributed by atoms with Crippen molar-refractivity contribution in [1.29, 1.82) is 0 Å². The van der Waals surface area contributed by atoms with Gasteiger partial charge in [0, 0.05) is 11.7 Å². The minimum atomic E-state index is -3.90. The van der Waals surface area contributed by atoms with E-state index < -0.39 is 40.9 Å². The van der Waals surface area contributed by atoms with Crippen LogP contribution in [0.15, 0.2) is 47.4 Å². The summed E-state index contributed by atoms with van der Waals surface area (Å²) in [7, 11) is -3.90. The summed E-state index contributed by atoms with van der Waals surface area (Å²) in [6.07, 6.45) is 1.16. The molecule has 0 saturated heterocycles. The highest BCUT2D eigenvalue weighted by Gasteiger charge is 2.34. The Morgan fingerprint density at radius 2 is 1.90 bits per heavy atom. The Morgan fingerprint density at radius 1 is 1.20 bits per heavy atom. The average Bonchev–Trinajstić information content (AvgIpc) is 2.68. The zero-order valence-corrected chi connectivity index (χ0v) is 17.0. The van der Waals surface area contributed by atoms with Gasteiger partial charge in [0.05, 0.1) is 10.6 Å². The maximum Gasteiger partial charge on any atom is 0.329 e. The van der Waals surface area contributed by atoms with E-state index in [0.717, 1.165) is 0 Å². The molecule has 1 atom stereocenters. The lowest BCUT2D eigenvalue weighted by atomic mass is 9.99. The average molecular weight is 436 g/mol. The molecule has 10 heteroatoms. The van der Waals surface area contributed by atoms with Gasteiger partial charge in [-0.25, -0.2) is 17.6 Å². The molecular weight excluding hydrogens is 415 g/mol. The van der Waals surface area contributed by atoms with Crippen LogP contribution >= 0.6 is 0 Å². The maximum atomic E-state index is 13.6. The molecule has 0 aliphatic carbocycles. The van der Waals surface area contributed by atoms with Crippen LogP contribution in [0.1, 0.15) is 18.9 Å². The van der Waals surface area contributed by atoms with Crippen LogP contribution in [-0.2, 0) is 30.8 Å². The molecule has 0 fully saturated rings. The first kappa shape index (κ1) is 21.7. The van der Waals surface area contributed by atoms with E-state index in [-0.39, 0.29) is 10.9 Å². The molecular formula is C20H21FN2O6S. The number of aryl methyl sites for hydroxylation is 1. The van der Waals surface area contributed by atoms with Crippen LogP contribution < -0.4 is 9.62 Å². The number of hydrogen-bond acceptors (Lipinski definition) is 5. The quantitative estimate of drug-likeness (QED) is 0.689. The van der Waals surface area contributed by atoms with E-state index in [1.165, 1.54) is 46.8 Å². The fraction of sp³-hybridized carbons (Fsp3) is 0.300. The number of nitrogens with zero attached hydrogens (tertiary/aromatic N) is 1. The van der Waals surface area contributed by atoms with E-state index in [2.05, 4.69) is 5.32 Å². The minimum absolute atomic E-state index is 0.0339. The van der Waals surface area contributed by atoms with Crippen LogP contribution in [0.4, 0.5) is 15.8 Å². The monoisotopic (exact) mass is 436 g/mol. The molecule has 0 aromatic heterocycles. The molecule has 0 radical (unpaired) electrons. The zero-order chi connectivity index (χ0) is 21.9. The second kappa shape index (κ2) is 8.80. The SMILES string of the molecule is CC1CCc2cc(F)ccc2N1S(=O)(=O)c1ccc(NC(=O)COCC(=O)O)cc1. The molecule has 2 N–H and O–H groups in total. The van der Waals surface area contributed by atoms with Gasteiger partial charge in [0.2, 0.25) is 5.91 Å². The van der Waals surface area contributed by atoms with Crippen LogP contribution in [-0.4, -0.2) is 44.7 Å². The van der Waals surface area contributed by atoms with Crippen molar-refractivity contribution in [3.8, 4) is 0 Å². The van der Waals surface area contributed by atoms with E-state index in [0.29, 0.717) is 29.8 Å². The van der Waals surface area contributed by atoms with Crippen molar-refractivity contribution in [3.05, 3.63) is 53.8 Å². The Bertz CT molecular complexity index is 1060. The first-order valence-corrected chi connectivity index (χ1v) is 10.6. The van der Waals surface area contributed by atoms with Gasteiger partial charge in [-0.1, -0.05) is 0 Å². The third kappa shape index (κ3) is 4.77. The van der Waals surface area contributed by atoms with Crippen molar-refractivity contribution < 1.29 is 32.2 Å². The number of benzene rings is 2. The van der Waals surface area contributed by atoms with Gasteiger partial charge in [-0.15, -0.1) is 0 Å². The summed E-state index contributed by atoms with van der Waals surface area (Å²) in [6.45, 7) is 0.768. The molecule has 1 aliphatic heterocycles. The molecule has 8 nitrogen and oxygen atoms in total. The number of halogens is 1. The second-order valence-electron chi connectivity index (χ2n) is 6.92. The topological polar surface area (TPSA) is 113 Å². The zero-order valence-electron chi connectivity index (χ0n) is 16.2. The van der Waals surface area contributed by atoms with Crippen molar-refractivity contribution in [2.75, 3.05) is 22.8 Å². The summed E-state index contributed by atoms with van der Waals surface area (Å²) in [5.74, 6) is -2.16. The van der Waals surface area contributed by atoms with E-state index in [4.69, 9.17) is 9.84 Å². The summed E-state index contributed by atoms with van der Waals surface area (Å²) in [5.41, 5.74) is 1.44. The van der Waals surface area contributed by atoms with Crippen LogP contribution in [0.2, 0.25) is 0 Å². The van der Waals surface area contributed by atoms with Gasteiger partial charge in [-0.3, -0.25) is 9.10 Å². The molecule has 1 unspecified atom stereocenters. The van der Waals surface area contributed by atoms with Crippen LogP contribution in [0.25, 0.3) is 0 Å². The Hall–Kier alpha value is -2.98. The van der Waals surface area contributed by atoms with Gasteiger partial charge in [0.15, 0.2) is 0 Å². The number of nitrogens with one attached hydrogen (secondary N) is 1. The number of amides is 1. The van der Waals surface area contributed by atoms with E-state index in [1.54, 1.807) is 6.92 Å². The maximum absolute atomic E-state index is 13.6. The Morgan fingerprint density at radius 3 is 2.57 bits per heavy atom. The molecule has 0 saturated carbocycles. The van der Waals surface area contributed by atoms with Gasteiger partial charge in [0.25, 0.3) is 10.0 Å². The molecule has 1 heterocycles. The summed E-state index contributed by atoms with van der Waals surface area (Å²) in [6, 6.07) is 9.38. The standard InChI is InChI=1S/C20H21FN2O6S/c1-13-2-3-14-10-15(21)4-9-18(14)23(13)30(27,28)17-7-5-16(6-8-17)22-19(24)11-29-12-20(25)26/h4-10,13H,2-3,11-12H2,1H3,(H,22,24)(H,25,26). The Labute approximate surface area is 173 Å². The van der Waals surface area contributed by atoms with Gasteiger partial charge in [-0.2, -0.15) is 0 Å². The number of carboxylic acid groups (broad SMARTS) is 1. The number of carbonyl (C=O) groups excluding carboxylic acids is 1. The van der Waals surface area contributed by atoms with E-state index in [1.807, 2.05) is 0 Å². The summed E-state index contributed by atoms with van der Waals surface area (Å²) < 4.78 is 46.1. The number of aliphatic carboxylic acids is 1. The smallest absolute Gasteiger partial charge is 0.329 e. The number of rotatable bonds is 7. The molecule has 1 aliphatic rings. The highest BCUT2D eigenvalue weighted by Crippen LogP contribution is 2.35. The van der Waals surface area contributed by atoms with Crippen LogP contribution in [0, 0.1) is 5.82 Å². The van der Waals surface area contributed by atoms with Crippen LogP contribution in [0.5, 0.6) is 0 Å². The molecule has 0 bridgehead atoms. The summed E-state index contributed by atoms with van der Waals surface area (Å²) in [5, 5.41) is 11.0. The molecule has 30 heavy (non-hydrogen) atoms. The highest BCUT2D eigenvalue weighted by molar-refractivity contribution is 7.92. The second-order valence-corrected chi connectivity index (χ2v) is 8.74. The number of fused-ring (bicyclic) bond motifs is 1. The molecule has 0 spiro atoms. The molecule has 2 aromatic rings. The van der Waals surface area contributed by atoms with Crippen molar-refractivity contribution in [3.63, 3.8) is 0 Å². The number of carboxylic acids is 1. The lowest BCUT2D eigenvalue weighted by Crippen LogP contribution is -2.42. The first-order chi connectivity index (χ1) is 14.2. The number of anilines is 2. The minimum Gasteiger partial charge on any atom is -0.480 e. The predicted molar refractivity (Wildman–Crippen MR) is 107 cm³/mol. The van der Waals surface area contributed by atoms with Gasteiger partial charge >= 0.3 is 5.97 Å². The molecule has 1 amide bonds. The molecule has 3 rings (SSSR count). The number of ether oxygens (including phenoxy) is 1. The van der Waals surface area contributed by atoms with Crippen molar-refractivity contribution in [2.45, 2.75) is 30.7 Å². The fourth-order valence-corrected chi connectivity index (χ4v) is 5.03. The van der Waals surface area contributed by atoms with Gasteiger partial charge in [0.1, 0.15) is 19.0 Å². The van der Waals surface area contributed by atoms with Crippen molar-refractivity contribution in [1.82, 2.24) is 0 Å². The third-order valence-electron chi connectivity index (χ3n) is 4.66. The lowest BCUT2D eigenvalue weighted by molar-refractivity contribution is -0.143. The molecule has 2 aromatic carbocycles. The van der Waals surface area contributed by atoms with E-state index in [9.17, 15) is 22.4 Å². The molecule has 160 valence electrons. The fourth-order valence-electron chi connectivity index (χ4n) is 3.31. The number of carbonyl (C=O) groups is 2. The highest BCUT2D eigenvalue weighted by atomic mass is 32.2. The third-order valence-corrected chi connectivity index (χ3v) is 6.61.